The molecule has 0 bridgehead atoms. The highest BCUT2D eigenvalue weighted by Gasteiger charge is 2.05. The van der Waals surface area contributed by atoms with Crippen LogP contribution in [0.15, 0.2) is 48.5 Å². The van der Waals surface area contributed by atoms with Gasteiger partial charge in [-0.25, -0.2) is 4.79 Å². The minimum Gasteiger partial charge on any atom is -0.493 e. The molecule has 2 amide bonds. The smallest absolute Gasteiger partial charge is 0.319 e. The van der Waals surface area contributed by atoms with Gasteiger partial charge in [0.15, 0.2) is 11.5 Å². The van der Waals surface area contributed by atoms with Gasteiger partial charge in [-0.2, -0.15) is 0 Å². The number of hydrogen-bond donors (Lipinski definition) is 2. The van der Waals surface area contributed by atoms with Crippen LogP contribution in [0.2, 0.25) is 0 Å². The highest BCUT2D eigenvalue weighted by Crippen LogP contribution is 2.25. The third kappa shape index (κ3) is 5.58. The molecule has 0 saturated carbocycles. The van der Waals surface area contributed by atoms with Crippen LogP contribution in [0.25, 0.3) is 0 Å². The normalized spacial score (nSPS) is 10.1. The maximum atomic E-state index is 12.0. The molecular weight excluding hydrogens is 330 g/mol. The number of benzene rings is 2. The van der Waals surface area contributed by atoms with Gasteiger partial charge < -0.3 is 25.0 Å². The van der Waals surface area contributed by atoms with Crippen LogP contribution in [-0.4, -0.2) is 39.4 Å². The quantitative estimate of drug-likeness (QED) is 0.671. The van der Waals surface area contributed by atoms with Crippen molar-refractivity contribution in [3.05, 3.63) is 48.5 Å². The Kier molecular flexibility index (Phi) is 7.61. The molecule has 0 aliphatic rings. The van der Waals surface area contributed by atoms with Crippen molar-refractivity contribution in [3.8, 4) is 11.5 Å². The summed E-state index contributed by atoms with van der Waals surface area (Å²) < 4.78 is 10.8. The zero-order valence-electron chi connectivity index (χ0n) is 15.6. The van der Waals surface area contributed by atoms with Crippen LogP contribution in [-0.2, 0) is 0 Å². The van der Waals surface area contributed by atoms with Gasteiger partial charge in [-0.1, -0.05) is 12.1 Å². The second-order valence-corrected chi connectivity index (χ2v) is 5.60. The van der Waals surface area contributed by atoms with E-state index in [1.54, 1.807) is 7.11 Å². The van der Waals surface area contributed by atoms with Crippen LogP contribution in [0.1, 0.15) is 13.8 Å². The molecule has 0 radical (unpaired) electrons. The minimum atomic E-state index is -0.260. The highest BCUT2D eigenvalue weighted by atomic mass is 16.5. The minimum absolute atomic E-state index is 0.260. The summed E-state index contributed by atoms with van der Waals surface area (Å²) >= 11 is 0. The predicted molar refractivity (Wildman–Crippen MR) is 106 cm³/mol. The predicted octanol–water partition coefficient (Wildman–Crippen LogP) is 3.74. The molecule has 140 valence electrons. The lowest BCUT2D eigenvalue weighted by Gasteiger charge is -2.21. The van der Waals surface area contributed by atoms with Crippen LogP contribution in [0.4, 0.5) is 16.2 Å². The Morgan fingerprint density at radius 2 is 1.65 bits per heavy atom. The fourth-order valence-corrected chi connectivity index (χ4v) is 2.58. The average Bonchev–Trinajstić information content (AvgIpc) is 2.68. The first-order valence-corrected chi connectivity index (χ1v) is 8.83. The summed E-state index contributed by atoms with van der Waals surface area (Å²) in [5.41, 5.74) is 1.90. The third-order valence-corrected chi connectivity index (χ3v) is 3.97. The number of carbonyl (C=O) groups excluding carboxylic acids is 1. The summed E-state index contributed by atoms with van der Waals surface area (Å²) in [6, 6.07) is 15.0. The molecule has 26 heavy (non-hydrogen) atoms. The summed E-state index contributed by atoms with van der Waals surface area (Å²) in [4.78, 5) is 14.2. The van der Waals surface area contributed by atoms with Gasteiger partial charge in [-0.05, 0) is 50.2 Å². The van der Waals surface area contributed by atoms with E-state index in [9.17, 15) is 4.79 Å². The van der Waals surface area contributed by atoms with Gasteiger partial charge in [0.1, 0.15) is 6.61 Å². The molecule has 0 unspecified atom stereocenters. The number of ether oxygens (including phenoxy) is 2. The van der Waals surface area contributed by atoms with Crippen molar-refractivity contribution in [2.75, 3.05) is 43.6 Å². The molecule has 0 fully saturated rings. The number of methoxy groups -OCH3 is 1. The second-order valence-electron chi connectivity index (χ2n) is 5.60. The van der Waals surface area contributed by atoms with Gasteiger partial charge in [0.05, 0.1) is 13.7 Å². The van der Waals surface area contributed by atoms with Crippen LogP contribution in [0, 0.1) is 0 Å². The summed E-state index contributed by atoms with van der Waals surface area (Å²) in [7, 11) is 1.60. The van der Waals surface area contributed by atoms with Crippen molar-refractivity contribution >= 4 is 17.4 Å². The van der Waals surface area contributed by atoms with Crippen molar-refractivity contribution in [1.29, 1.82) is 0 Å². The maximum Gasteiger partial charge on any atom is 0.319 e. The lowest BCUT2D eigenvalue weighted by molar-refractivity contribution is 0.246. The summed E-state index contributed by atoms with van der Waals surface area (Å²) in [6.45, 7) is 6.90. The van der Waals surface area contributed by atoms with E-state index in [1.165, 1.54) is 0 Å². The molecule has 0 spiro atoms. The fraction of sp³-hybridized carbons (Fsp3) is 0.350. The third-order valence-electron chi connectivity index (χ3n) is 3.97. The number of urea groups is 1. The molecule has 6 nitrogen and oxygen atoms in total. The summed E-state index contributed by atoms with van der Waals surface area (Å²) in [6.07, 6.45) is 0. The molecule has 0 atom stereocenters. The number of hydrogen-bond acceptors (Lipinski definition) is 4. The van der Waals surface area contributed by atoms with Crippen molar-refractivity contribution in [3.63, 3.8) is 0 Å². The second kappa shape index (κ2) is 10.2. The molecular formula is C20H27N3O3. The Morgan fingerprint density at radius 3 is 2.27 bits per heavy atom. The number of anilines is 2. The molecule has 0 saturated heterocycles. The summed E-state index contributed by atoms with van der Waals surface area (Å²) in [5, 5.41) is 5.59. The van der Waals surface area contributed by atoms with Crippen molar-refractivity contribution in [2.45, 2.75) is 13.8 Å². The topological polar surface area (TPSA) is 62.8 Å². The molecule has 2 aromatic carbocycles. The van der Waals surface area contributed by atoms with Crippen LogP contribution >= 0.6 is 0 Å². The van der Waals surface area contributed by atoms with Gasteiger partial charge in [0.2, 0.25) is 0 Å². The highest BCUT2D eigenvalue weighted by molar-refractivity contribution is 5.89. The first-order valence-electron chi connectivity index (χ1n) is 8.83. The Hall–Kier alpha value is -2.89. The fourth-order valence-electron chi connectivity index (χ4n) is 2.58. The Labute approximate surface area is 155 Å². The van der Waals surface area contributed by atoms with Gasteiger partial charge in [-0.15, -0.1) is 0 Å². The standard InChI is InChI=1S/C20H27N3O3/c1-4-23(5-2)17-12-10-16(11-13-17)22-20(24)21-14-15-26-19-9-7-6-8-18(19)25-3/h6-13H,4-5,14-15H2,1-3H3,(H2,21,22,24). The van der Waals surface area contributed by atoms with Gasteiger partial charge in [0, 0.05) is 24.5 Å². The lowest BCUT2D eigenvalue weighted by Crippen LogP contribution is -2.32. The zero-order valence-corrected chi connectivity index (χ0v) is 15.6. The molecule has 2 aromatic rings. The first kappa shape index (κ1) is 19.4. The van der Waals surface area contributed by atoms with E-state index in [0.717, 1.165) is 24.5 Å². The molecule has 6 heteroatoms. The van der Waals surface area contributed by atoms with Crippen LogP contribution in [0.3, 0.4) is 0 Å². The first-order chi connectivity index (χ1) is 12.7. The number of carbonyl (C=O) groups is 1. The largest absolute Gasteiger partial charge is 0.493 e. The number of nitrogens with zero attached hydrogens (tertiary/aromatic N) is 1. The Morgan fingerprint density at radius 1 is 1.00 bits per heavy atom. The summed E-state index contributed by atoms with van der Waals surface area (Å²) in [5.74, 6) is 1.33. The van der Waals surface area contributed by atoms with E-state index in [0.29, 0.717) is 24.7 Å². The van der Waals surface area contributed by atoms with Crippen molar-refractivity contribution < 1.29 is 14.3 Å². The SMILES string of the molecule is CCN(CC)c1ccc(NC(=O)NCCOc2ccccc2OC)cc1. The van der Waals surface area contributed by atoms with Gasteiger partial charge >= 0.3 is 6.03 Å². The molecule has 2 N–H and O–H groups in total. The molecule has 0 aliphatic heterocycles. The average molecular weight is 357 g/mol. The molecule has 0 heterocycles. The zero-order chi connectivity index (χ0) is 18.8. The van der Waals surface area contributed by atoms with Crippen molar-refractivity contribution in [2.24, 2.45) is 0 Å². The Bertz CT molecular complexity index is 685. The van der Waals surface area contributed by atoms with E-state index in [1.807, 2.05) is 48.5 Å². The van der Waals surface area contributed by atoms with E-state index >= 15 is 0 Å². The Balaban J connectivity index is 1.75. The number of rotatable bonds is 9. The maximum absolute atomic E-state index is 12.0. The monoisotopic (exact) mass is 357 g/mol. The van der Waals surface area contributed by atoms with E-state index in [2.05, 4.69) is 29.4 Å². The number of nitrogens with one attached hydrogen (secondary N) is 2. The lowest BCUT2D eigenvalue weighted by atomic mass is 10.2. The van der Waals surface area contributed by atoms with Gasteiger partial charge in [0.25, 0.3) is 0 Å². The number of amides is 2. The van der Waals surface area contributed by atoms with Crippen LogP contribution in [0.5, 0.6) is 11.5 Å². The van der Waals surface area contributed by atoms with Crippen LogP contribution < -0.4 is 25.0 Å². The van der Waals surface area contributed by atoms with E-state index < -0.39 is 0 Å². The van der Waals surface area contributed by atoms with E-state index in [-0.39, 0.29) is 6.03 Å². The molecule has 0 aliphatic carbocycles. The molecule has 0 aromatic heterocycles. The van der Waals surface area contributed by atoms with Crippen molar-refractivity contribution in [1.82, 2.24) is 5.32 Å². The number of para-hydroxylation sites is 2. The van der Waals surface area contributed by atoms with Gasteiger partial charge in [-0.3, -0.25) is 0 Å². The van der Waals surface area contributed by atoms with E-state index in [4.69, 9.17) is 9.47 Å². The molecule has 2 rings (SSSR count).